The number of hydrogen-bond acceptors (Lipinski definition) is 4. The Morgan fingerprint density at radius 3 is 2.43 bits per heavy atom. The first-order valence-corrected chi connectivity index (χ1v) is 10.8. The van der Waals surface area contributed by atoms with Crippen LogP contribution in [0.4, 0.5) is 0 Å². The molecule has 1 N–H and O–H groups in total. The summed E-state index contributed by atoms with van der Waals surface area (Å²) in [7, 11) is 0. The van der Waals surface area contributed by atoms with Crippen LogP contribution in [0.15, 0.2) is 58.6 Å². The molecule has 1 amide bonds. The van der Waals surface area contributed by atoms with Gasteiger partial charge in [0.15, 0.2) is 0 Å². The standard InChI is InChI=1S/C24H26BrNO4/c1-15(2)30-14-6-13-26-21(19-8-5-4-7-16(19)3)20(23(28)24(26)29)22(27)17-9-11-18(25)12-10-17/h4-5,7-12,15,21,27H,6,13-14H2,1-3H3/b22-20-. The zero-order valence-electron chi connectivity index (χ0n) is 17.4. The normalized spacial score (nSPS) is 18.4. The van der Waals surface area contributed by atoms with Crippen LogP contribution < -0.4 is 0 Å². The second-order valence-electron chi connectivity index (χ2n) is 7.63. The van der Waals surface area contributed by atoms with Crippen molar-refractivity contribution in [2.45, 2.75) is 39.3 Å². The van der Waals surface area contributed by atoms with Crippen LogP contribution in [0.3, 0.4) is 0 Å². The lowest BCUT2D eigenvalue weighted by molar-refractivity contribution is -0.140. The van der Waals surface area contributed by atoms with Gasteiger partial charge in [-0.2, -0.15) is 0 Å². The Bertz CT molecular complexity index is 965. The van der Waals surface area contributed by atoms with Crippen molar-refractivity contribution >= 4 is 33.4 Å². The largest absolute Gasteiger partial charge is 0.507 e. The number of ketones is 1. The summed E-state index contributed by atoms with van der Waals surface area (Å²) in [4.78, 5) is 27.4. The summed E-state index contributed by atoms with van der Waals surface area (Å²) in [6, 6.07) is 14.0. The highest BCUT2D eigenvalue weighted by Gasteiger charge is 2.46. The zero-order valence-corrected chi connectivity index (χ0v) is 19.0. The molecule has 0 aromatic heterocycles. The Hall–Kier alpha value is -2.44. The van der Waals surface area contributed by atoms with E-state index in [1.165, 1.54) is 0 Å². The monoisotopic (exact) mass is 471 g/mol. The maximum Gasteiger partial charge on any atom is 0.295 e. The second-order valence-corrected chi connectivity index (χ2v) is 8.54. The van der Waals surface area contributed by atoms with Crippen LogP contribution in [0.2, 0.25) is 0 Å². The van der Waals surface area contributed by atoms with Crippen LogP contribution in [0, 0.1) is 6.92 Å². The molecule has 2 aromatic carbocycles. The summed E-state index contributed by atoms with van der Waals surface area (Å²) in [5.74, 6) is -1.41. The van der Waals surface area contributed by atoms with Gasteiger partial charge in [-0.05, 0) is 50.5 Å². The van der Waals surface area contributed by atoms with Gasteiger partial charge in [-0.1, -0.05) is 52.3 Å². The summed E-state index contributed by atoms with van der Waals surface area (Å²) in [6.07, 6.45) is 0.705. The van der Waals surface area contributed by atoms with Crippen LogP contribution in [0.5, 0.6) is 0 Å². The molecule has 30 heavy (non-hydrogen) atoms. The average molecular weight is 472 g/mol. The van der Waals surface area contributed by atoms with Crippen molar-refractivity contribution in [2.24, 2.45) is 0 Å². The number of aliphatic hydroxyl groups is 1. The number of amides is 1. The molecule has 0 spiro atoms. The van der Waals surface area contributed by atoms with E-state index in [2.05, 4.69) is 15.9 Å². The van der Waals surface area contributed by atoms with Crippen LogP contribution in [0.25, 0.3) is 5.76 Å². The van der Waals surface area contributed by atoms with Crippen molar-refractivity contribution in [2.75, 3.05) is 13.2 Å². The van der Waals surface area contributed by atoms with Gasteiger partial charge >= 0.3 is 0 Å². The predicted molar refractivity (Wildman–Crippen MR) is 120 cm³/mol. The summed E-state index contributed by atoms with van der Waals surface area (Å²) >= 11 is 3.37. The first-order chi connectivity index (χ1) is 14.3. The molecule has 0 radical (unpaired) electrons. The lowest BCUT2D eigenvalue weighted by Crippen LogP contribution is -2.31. The van der Waals surface area contributed by atoms with E-state index in [0.717, 1.165) is 15.6 Å². The second kappa shape index (κ2) is 9.58. The van der Waals surface area contributed by atoms with Gasteiger partial charge in [0.1, 0.15) is 5.76 Å². The highest BCUT2D eigenvalue weighted by molar-refractivity contribution is 9.10. The number of halogens is 1. The minimum Gasteiger partial charge on any atom is -0.507 e. The number of aliphatic hydroxyl groups excluding tert-OH is 1. The van der Waals surface area contributed by atoms with E-state index in [9.17, 15) is 14.7 Å². The highest BCUT2D eigenvalue weighted by atomic mass is 79.9. The molecule has 5 nitrogen and oxygen atoms in total. The molecule has 1 atom stereocenters. The summed E-state index contributed by atoms with van der Waals surface area (Å²) in [6.45, 7) is 6.72. The van der Waals surface area contributed by atoms with Crippen molar-refractivity contribution in [1.82, 2.24) is 4.90 Å². The molecule has 1 aliphatic heterocycles. The SMILES string of the molecule is Cc1ccccc1C1/C(=C(/O)c2ccc(Br)cc2)C(=O)C(=O)N1CCCOC(C)C. The smallest absolute Gasteiger partial charge is 0.295 e. The molecule has 1 heterocycles. The van der Waals surface area contributed by atoms with Gasteiger partial charge in [0.2, 0.25) is 0 Å². The van der Waals surface area contributed by atoms with Crippen molar-refractivity contribution in [3.63, 3.8) is 0 Å². The van der Waals surface area contributed by atoms with E-state index in [4.69, 9.17) is 4.74 Å². The van der Waals surface area contributed by atoms with Gasteiger partial charge in [-0.25, -0.2) is 0 Å². The van der Waals surface area contributed by atoms with E-state index in [1.54, 1.807) is 29.2 Å². The van der Waals surface area contributed by atoms with Crippen LogP contribution >= 0.6 is 15.9 Å². The Morgan fingerprint density at radius 1 is 1.13 bits per heavy atom. The van der Waals surface area contributed by atoms with Crippen molar-refractivity contribution in [3.05, 3.63) is 75.3 Å². The van der Waals surface area contributed by atoms with E-state index >= 15 is 0 Å². The third-order valence-electron chi connectivity index (χ3n) is 5.14. The molecular formula is C24H26BrNO4. The van der Waals surface area contributed by atoms with Gasteiger partial charge in [-0.3, -0.25) is 9.59 Å². The predicted octanol–water partition coefficient (Wildman–Crippen LogP) is 4.99. The molecule has 1 fully saturated rings. The molecular weight excluding hydrogens is 446 g/mol. The van der Waals surface area contributed by atoms with E-state index in [0.29, 0.717) is 25.1 Å². The van der Waals surface area contributed by atoms with Crippen LogP contribution in [-0.2, 0) is 14.3 Å². The molecule has 1 aliphatic rings. The number of carbonyl (C=O) groups is 2. The molecule has 2 aromatic rings. The van der Waals surface area contributed by atoms with Crippen LogP contribution in [0.1, 0.15) is 43.0 Å². The van der Waals surface area contributed by atoms with Gasteiger partial charge < -0.3 is 14.7 Å². The molecule has 1 unspecified atom stereocenters. The number of rotatable bonds is 7. The first-order valence-electron chi connectivity index (χ1n) is 10.0. The number of likely N-dealkylation sites (tertiary alicyclic amines) is 1. The molecule has 0 saturated carbocycles. The fourth-order valence-corrected chi connectivity index (χ4v) is 3.91. The molecule has 158 valence electrons. The number of hydrogen-bond donors (Lipinski definition) is 1. The zero-order chi connectivity index (χ0) is 21.8. The fraction of sp³-hybridized carbons (Fsp3) is 0.333. The maximum atomic E-state index is 13.0. The first kappa shape index (κ1) is 22.2. The summed E-state index contributed by atoms with van der Waals surface area (Å²) in [5.41, 5.74) is 2.41. The van der Waals surface area contributed by atoms with Gasteiger partial charge in [0, 0.05) is 23.2 Å². The van der Waals surface area contributed by atoms with E-state index in [1.807, 2.05) is 45.0 Å². The van der Waals surface area contributed by atoms with Gasteiger partial charge in [0.05, 0.1) is 17.7 Å². The number of aryl methyl sites for hydroxylation is 1. The Balaban J connectivity index is 2.04. The van der Waals surface area contributed by atoms with Crippen LogP contribution in [-0.4, -0.2) is 41.0 Å². The Morgan fingerprint density at radius 2 is 1.80 bits per heavy atom. The number of benzene rings is 2. The van der Waals surface area contributed by atoms with Gasteiger partial charge in [-0.15, -0.1) is 0 Å². The summed E-state index contributed by atoms with van der Waals surface area (Å²) in [5, 5.41) is 11.0. The van der Waals surface area contributed by atoms with Crippen molar-refractivity contribution < 1.29 is 19.4 Å². The number of ether oxygens (including phenoxy) is 1. The molecule has 6 heteroatoms. The average Bonchev–Trinajstić information content (AvgIpc) is 2.96. The lowest BCUT2D eigenvalue weighted by Gasteiger charge is -2.26. The quantitative estimate of drug-likeness (QED) is 0.267. The minimum atomic E-state index is -0.659. The topological polar surface area (TPSA) is 66.8 Å². The third-order valence-corrected chi connectivity index (χ3v) is 5.66. The molecule has 3 rings (SSSR count). The van der Waals surface area contributed by atoms with Crippen molar-refractivity contribution in [3.8, 4) is 0 Å². The Labute approximate surface area is 185 Å². The van der Waals surface area contributed by atoms with E-state index < -0.39 is 17.7 Å². The Kier molecular flexibility index (Phi) is 7.10. The van der Waals surface area contributed by atoms with Gasteiger partial charge in [0.25, 0.3) is 11.7 Å². The highest BCUT2D eigenvalue weighted by Crippen LogP contribution is 2.40. The minimum absolute atomic E-state index is 0.102. The van der Waals surface area contributed by atoms with Crippen molar-refractivity contribution in [1.29, 1.82) is 0 Å². The molecule has 0 aliphatic carbocycles. The third kappa shape index (κ3) is 4.65. The lowest BCUT2D eigenvalue weighted by atomic mass is 9.92. The number of nitrogens with zero attached hydrogens (tertiary/aromatic N) is 1. The maximum absolute atomic E-state index is 13.0. The fourth-order valence-electron chi connectivity index (χ4n) is 3.64. The van der Waals surface area contributed by atoms with E-state index in [-0.39, 0.29) is 17.4 Å². The number of Topliss-reactive ketones (excluding diaryl/α,β-unsaturated/α-hetero) is 1. The molecule has 0 bridgehead atoms. The summed E-state index contributed by atoms with van der Waals surface area (Å²) < 4.78 is 6.46. The number of carbonyl (C=O) groups excluding carboxylic acids is 2. The molecule has 1 saturated heterocycles.